The zero-order valence-electron chi connectivity index (χ0n) is 26.9. The van der Waals surface area contributed by atoms with Crippen LogP contribution >= 0.6 is 11.9 Å². The first-order valence-electron chi connectivity index (χ1n) is 16.4. The van der Waals surface area contributed by atoms with Gasteiger partial charge in [0.25, 0.3) is 0 Å². The Balaban J connectivity index is 1.47. The van der Waals surface area contributed by atoms with Crippen molar-refractivity contribution in [1.29, 1.82) is 0 Å². The third-order valence-electron chi connectivity index (χ3n) is 9.05. The van der Waals surface area contributed by atoms with Gasteiger partial charge in [-0.05, 0) is 84.3 Å². The van der Waals surface area contributed by atoms with Crippen molar-refractivity contribution in [3.05, 3.63) is 23.9 Å². The van der Waals surface area contributed by atoms with E-state index in [4.69, 9.17) is 9.47 Å². The van der Waals surface area contributed by atoms with Crippen LogP contribution < -0.4 is 0 Å². The predicted octanol–water partition coefficient (Wildman–Crippen LogP) is 6.56. The molecular weight excluding hydrogens is 564 g/mol. The predicted molar refractivity (Wildman–Crippen MR) is 169 cm³/mol. The Hall–Kier alpha value is -2.33. The molecule has 2 aliphatic carbocycles. The zero-order valence-corrected chi connectivity index (χ0v) is 27.7. The molecule has 3 aliphatic rings. The normalized spacial score (nSPS) is 20.1. The molecule has 43 heavy (non-hydrogen) atoms. The lowest BCUT2D eigenvalue weighted by atomic mass is 9.73. The molecule has 0 aromatic carbocycles. The molecule has 0 N–H and O–H groups in total. The van der Waals surface area contributed by atoms with Gasteiger partial charge >= 0.3 is 12.1 Å². The zero-order chi connectivity index (χ0) is 31.0. The number of ether oxygens (including phenoxy) is 2. The van der Waals surface area contributed by atoms with Gasteiger partial charge in [-0.15, -0.1) is 0 Å². The molecule has 2 amide bonds. The van der Waals surface area contributed by atoms with E-state index < -0.39 is 23.7 Å². The molecular formula is C33H52N4O5S. The van der Waals surface area contributed by atoms with Crippen LogP contribution in [-0.4, -0.2) is 87.5 Å². The summed E-state index contributed by atoms with van der Waals surface area (Å²) in [7, 11) is 0. The van der Waals surface area contributed by atoms with E-state index in [1.807, 2.05) is 4.90 Å². The summed E-state index contributed by atoms with van der Waals surface area (Å²) in [5.74, 6) is 0.884. The number of amides is 2. The minimum Gasteiger partial charge on any atom is -0.462 e. The molecule has 0 spiro atoms. The maximum absolute atomic E-state index is 13.9. The Kier molecular flexibility index (Phi) is 12.2. The first-order chi connectivity index (χ1) is 20.6. The van der Waals surface area contributed by atoms with Crippen LogP contribution in [-0.2, 0) is 14.3 Å². The number of carbonyl (C=O) groups excluding carboxylic acids is 3. The minimum absolute atomic E-state index is 0.126. The number of carbonyl (C=O) groups is 3. The molecule has 2 heterocycles. The van der Waals surface area contributed by atoms with Crippen LogP contribution in [0.4, 0.5) is 4.79 Å². The van der Waals surface area contributed by atoms with Crippen LogP contribution in [0.2, 0.25) is 0 Å². The Morgan fingerprint density at radius 3 is 2.09 bits per heavy atom. The number of pyridine rings is 1. The van der Waals surface area contributed by atoms with Gasteiger partial charge in [-0.3, -0.25) is 9.69 Å². The first-order valence-corrected chi connectivity index (χ1v) is 17.2. The van der Waals surface area contributed by atoms with Gasteiger partial charge in [0.15, 0.2) is 0 Å². The van der Waals surface area contributed by atoms with Crippen LogP contribution in [0.25, 0.3) is 0 Å². The van der Waals surface area contributed by atoms with Crippen molar-refractivity contribution in [2.45, 2.75) is 122 Å². The average Bonchev–Trinajstić information content (AvgIpc) is 3.00. The molecule has 9 nitrogen and oxygen atoms in total. The number of piperazine rings is 1. The van der Waals surface area contributed by atoms with Gasteiger partial charge in [-0.25, -0.2) is 18.9 Å². The van der Waals surface area contributed by atoms with E-state index >= 15 is 0 Å². The van der Waals surface area contributed by atoms with E-state index in [9.17, 15) is 14.4 Å². The SMILES string of the molecule is CCOC(=O)c1cccnc1SN(C(=O)OC(C)(C)C)[C@H](C)C(=O)N1CCN(C(C2CCCCC2)C2CCCCC2)CC1. The fourth-order valence-electron chi connectivity index (χ4n) is 7.04. The van der Waals surface area contributed by atoms with Gasteiger partial charge in [0.2, 0.25) is 5.91 Å². The van der Waals surface area contributed by atoms with Gasteiger partial charge in [0.05, 0.1) is 12.2 Å². The largest absolute Gasteiger partial charge is 0.462 e. The molecule has 0 unspecified atom stereocenters. The second-order valence-electron chi connectivity index (χ2n) is 13.3. The molecule has 1 aromatic heterocycles. The van der Waals surface area contributed by atoms with E-state index in [2.05, 4.69) is 9.88 Å². The maximum Gasteiger partial charge on any atom is 0.421 e. The Morgan fingerprint density at radius 2 is 1.56 bits per heavy atom. The van der Waals surface area contributed by atoms with Crippen LogP contribution in [0.5, 0.6) is 0 Å². The minimum atomic E-state index is -0.823. The molecule has 1 atom stereocenters. The number of hydrogen-bond donors (Lipinski definition) is 0. The third kappa shape index (κ3) is 9.10. The van der Waals surface area contributed by atoms with Crippen LogP contribution in [0.3, 0.4) is 0 Å². The van der Waals surface area contributed by atoms with Crippen molar-refractivity contribution < 1.29 is 23.9 Å². The van der Waals surface area contributed by atoms with Gasteiger partial charge in [0.1, 0.15) is 16.7 Å². The number of nitrogens with zero attached hydrogens (tertiary/aromatic N) is 4. The van der Waals surface area contributed by atoms with Gasteiger partial charge < -0.3 is 14.4 Å². The number of hydrogen-bond acceptors (Lipinski definition) is 8. The second kappa shape index (κ2) is 15.6. The summed E-state index contributed by atoms with van der Waals surface area (Å²) in [5.41, 5.74) is -0.515. The quantitative estimate of drug-likeness (QED) is 0.227. The van der Waals surface area contributed by atoms with E-state index in [1.54, 1.807) is 52.9 Å². The van der Waals surface area contributed by atoms with Crippen molar-refractivity contribution in [2.75, 3.05) is 32.8 Å². The van der Waals surface area contributed by atoms with E-state index in [1.165, 1.54) is 68.5 Å². The maximum atomic E-state index is 13.9. The second-order valence-corrected chi connectivity index (χ2v) is 14.3. The van der Waals surface area contributed by atoms with Gasteiger partial charge in [0, 0.05) is 50.4 Å². The number of rotatable bonds is 9. The first kappa shape index (κ1) is 33.6. The summed E-state index contributed by atoms with van der Waals surface area (Å²) < 4.78 is 12.2. The lowest BCUT2D eigenvalue weighted by Crippen LogP contribution is -2.58. The molecule has 1 aromatic rings. The summed E-state index contributed by atoms with van der Waals surface area (Å²) in [6, 6.07) is 3.06. The summed E-state index contributed by atoms with van der Waals surface area (Å²) in [4.78, 5) is 48.9. The molecule has 2 saturated carbocycles. The molecule has 3 fully saturated rings. The molecule has 0 bridgehead atoms. The summed E-state index contributed by atoms with van der Waals surface area (Å²) in [6.07, 6.45) is 14.3. The topological polar surface area (TPSA) is 92.3 Å². The average molecular weight is 617 g/mol. The monoisotopic (exact) mass is 616 g/mol. The Bertz CT molecular complexity index is 1060. The van der Waals surface area contributed by atoms with Crippen molar-refractivity contribution >= 4 is 29.9 Å². The third-order valence-corrected chi connectivity index (χ3v) is 10.2. The van der Waals surface area contributed by atoms with E-state index in [0.717, 1.165) is 36.9 Å². The van der Waals surface area contributed by atoms with Crippen molar-refractivity contribution in [2.24, 2.45) is 11.8 Å². The smallest absolute Gasteiger partial charge is 0.421 e. The highest BCUT2D eigenvalue weighted by Crippen LogP contribution is 2.39. The highest BCUT2D eigenvalue weighted by Gasteiger charge is 2.39. The highest BCUT2D eigenvalue weighted by molar-refractivity contribution is 7.97. The standard InChI is InChI=1S/C33H52N4O5S/c1-6-41-31(39)27-18-13-19-34-29(27)43-37(32(40)42-33(3,4)5)24(2)30(38)36-22-20-35(21-23-36)28(25-14-9-7-10-15-25)26-16-11-8-12-17-26/h13,18-19,24-26,28H,6-12,14-17,20-23H2,1-5H3/t24-/m1/s1. The lowest BCUT2D eigenvalue weighted by molar-refractivity contribution is -0.137. The van der Waals surface area contributed by atoms with Gasteiger partial charge in [-0.1, -0.05) is 38.5 Å². The number of esters is 1. The number of aromatic nitrogens is 1. The molecule has 4 rings (SSSR count). The summed E-state index contributed by atoms with van der Waals surface area (Å²) in [5, 5.41) is 0.291. The molecule has 1 aliphatic heterocycles. The van der Waals surface area contributed by atoms with Crippen LogP contribution in [0.1, 0.15) is 109 Å². The van der Waals surface area contributed by atoms with Gasteiger partial charge in [-0.2, -0.15) is 0 Å². The molecule has 1 saturated heterocycles. The fourth-order valence-corrected chi connectivity index (χ4v) is 7.94. The summed E-state index contributed by atoms with van der Waals surface area (Å²) >= 11 is 0.951. The van der Waals surface area contributed by atoms with Crippen molar-refractivity contribution in [3.63, 3.8) is 0 Å². The molecule has 10 heteroatoms. The van der Waals surface area contributed by atoms with Crippen LogP contribution in [0, 0.1) is 11.8 Å². The van der Waals surface area contributed by atoms with Crippen molar-refractivity contribution in [3.8, 4) is 0 Å². The Morgan fingerprint density at radius 1 is 0.977 bits per heavy atom. The van der Waals surface area contributed by atoms with Crippen molar-refractivity contribution in [1.82, 2.24) is 19.1 Å². The van der Waals surface area contributed by atoms with E-state index in [-0.39, 0.29) is 18.1 Å². The van der Waals surface area contributed by atoms with E-state index in [0.29, 0.717) is 24.2 Å². The Labute approximate surface area is 262 Å². The lowest BCUT2D eigenvalue weighted by Gasteiger charge is -2.48. The summed E-state index contributed by atoms with van der Waals surface area (Å²) in [6.45, 7) is 12.1. The highest BCUT2D eigenvalue weighted by atomic mass is 32.2. The molecule has 0 radical (unpaired) electrons. The fraction of sp³-hybridized carbons (Fsp3) is 0.758. The van der Waals surface area contributed by atoms with Crippen LogP contribution in [0.15, 0.2) is 23.4 Å². The molecule has 240 valence electrons.